The van der Waals surface area contributed by atoms with Crippen molar-refractivity contribution >= 4 is 45.4 Å². The summed E-state index contributed by atoms with van der Waals surface area (Å²) in [5.41, 5.74) is 5.45. The van der Waals surface area contributed by atoms with Crippen LogP contribution in [-0.2, 0) is 6.54 Å². The molecule has 0 atom stereocenters. The number of hydrogen-bond acceptors (Lipinski definition) is 4. The molecule has 0 amide bonds. The predicted octanol–water partition coefficient (Wildman–Crippen LogP) is 5.13. The SMILES string of the molecule is COc1ccn2c1cnc1c(N3CCN(Cc4ccc(Cl)c(Cl)c4)CC3)cccc12. The first kappa shape index (κ1) is 19.5. The first-order valence-corrected chi connectivity index (χ1v) is 10.7. The molecule has 0 N–H and O–H groups in total. The van der Waals surface area contributed by atoms with E-state index in [-0.39, 0.29) is 0 Å². The molecule has 2 aromatic heterocycles. The number of halogens is 2. The molecule has 1 aliphatic rings. The molecule has 1 saturated heterocycles. The first-order chi connectivity index (χ1) is 14.6. The molecule has 5 rings (SSSR count). The number of ether oxygens (including phenoxy) is 1. The van der Waals surface area contributed by atoms with Gasteiger partial charge in [-0.05, 0) is 35.9 Å². The summed E-state index contributed by atoms with van der Waals surface area (Å²) in [6.07, 6.45) is 3.93. The van der Waals surface area contributed by atoms with Gasteiger partial charge in [0.2, 0.25) is 0 Å². The van der Waals surface area contributed by atoms with Gasteiger partial charge in [-0.25, -0.2) is 0 Å². The van der Waals surface area contributed by atoms with Gasteiger partial charge in [0.15, 0.2) is 0 Å². The Kier molecular flexibility index (Phi) is 5.19. The van der Waals surface area contributed by atoms with Gasteiger partial charge in [0.1, 0.15) is 16.8 Å². The second-order valence-corrected chi connectivity index (χ2v) is 8.37. The second kappa shape index (κ2) is 7.99. The van der Waals surface area contributed by atoms with Crippen LogP contribution in [0.2, 0.25) is 10.0 Å². The molecule has 30 heavy (non-hydrogen) atoms. The molecule has 154 valence electrons. The summed E-state index contributed by atoms with van der Waals surface area (Å²) in [5.74, 6) is 0.839. The number of aromatic nitrogens is 2. The zero-order valence-electron chi connectivity index (χ0n) is 16.7. The lowest BCUT2D eigenvalue weighted by molar-refractivity contribution is 0.250. The van der Waals surface area contributed by atoms with E-state index in [1.54, 1.807) is 7.11 Å². The lowest BCUT2D eigenvalue weighted by Gasteiger charge is -2.36. The lowest BCUT2D eigenvalue weighted by Crippen LogP contribution is -2.46. The van der Waals surface area contributed by atoms with Gasteiger partial charge in [0, 0.05) is 38.9 Å². The number of fused-ring (bicyclic) bond motifs is 3. The van der Waals surface area contributed by atoms with Crippen LogP contribution in [0.1, 0.15) is 5.56 Å². The Morgan fingerprint density at radius 2 is 1.80 bits per heavy atom. The van der Waals surface area contributed by atoms with E-state index in [4.69, 9.17) is 32.9 Å². The molecule has 7 heteroatoms. The van der Waals surface area contributed by atoms with Crippen LogP contribution >= 0.6 is 23.2 Å². The third kappa shape index (κ3) is 3.47. The minimum absolute atomic E-state index is 0.600. The average molecular weight is 441 g/mol. The zero-order chi connectivity index (χ0) is 20.7. The van der Waals surface area contributed by atoms with Crippen molar-refractivity contribution in [3.8, 4) is 5.75 Å². The molecule has 0 bridgehead atoms. The summed E-state index contributed by atoms with van der Waals surface area (Å²) >= 11 is 12.2. The Balaban J connectivity index is 1.36. The van der Waals surface area contributed by atoms with E-state index in [0.29, 0.717) is 10.0 Å². The Morgan fingerprint density at radius 3 is 2.57 bits per heavy atom. The van der Waals surface area contributed by atoms with Crippen molar-refractivity contribution in [1.82, 2.24) is 14.3 Å². The topological polar surface area (TPSA) is 33.0 Å². The molecule has 1 aliphatic heterocycles. The Bertz CT molecular complexity index is 1210. The summed E-state index contributed by atoms with van der Waals surface area (Å²) in [6, 6.07) is 14.2. The maximum absolute atomic E-state index is 6.17. The highest BCUT2D eigenvalue weighted by Crippen LogP contribution is 2.30. The van der Waals surface area contributed by atoms with E-state index in [1.807, 2.05) is 36.7 Å². The monoisotopic (exact) mass is 440 g/mol. The predicted molar refractivity (Wildman–Crippen MR) is 123 cm³/mol. The molecule has 0 saturated carbocycles. The Hall–Kier alpha value is -2.47. The molecule has 1 fully saturated rings. The van der Waals surface area contributed by atoms with Crippen molar-refractivity contribution in [3.05, 3.63) is 70.5 Å². The normalized spacial score (nSPS) is 15.2. The molecule has 5 nitrogen and oxygen atoms in total. The van der Waals surface area contributed by atoms with Crippen LogP contribution in [0.4, 0.5) is 5.69 Å². The van der Waals surface area contributed by atoms with E-state index in [1.165, 1.54) is 11.3 Å². The van der Waals surface area contributed by atoms with Crippen molar-refractivity contribution in [2.45, 2.75) is 6.54 Å². The number of nitrogens with zero attached hydrogens (tertiary/aromatic N) is 4. The van der Waals surface area contributed by atoms with Crippen molar-refractivity contribution in [3.63, 3.8) is 0 Å². The minimum atomic E-state index is 0.600. The fourth-order valence-electron chi connectivity index (χ4n) is 4.21. The highest BCUT2D eigenvalue weighted by molar-refractivity contribution is 6.42. The molecule has 0 radical (unpaired) electrons. The molecule has 2 aromatic carbocycles. The molecule has 4 aromatic rings. The van der Waals surface area contributed by atoms with Gasteiger partial charge in [-0.1, -0.05) is 35.3 Å². The summed E-state index contributed by atoms with van der Waals surface area (Å²) < 4.78 is 7.59. The van der Waals surface area contributed by atoms with Crippen LogP contribution in [0.25, 0.3) is 16.6 Å². The molecule has 3 heterocycles. The van der Waals surface area contributed by atoms with E-state index in [2.05, 4.69) is 32.4 Å². The number of benzene rings is 2. The number of rotatable bonds is 4. The van der Waals surface area contributed by atoms with Gasteiger partial charge in [-0.15, -0.1) is 0 Å². The Morgan fingerprint density at radius 1 is 0.967 bits per heavy atom. The molecule has 0 aliphatic carbocycles. The molecular weight excluding hydrogens is 419 g/mol. The zero-order valence-corrected chi connectivity index (χ0v) is 18.2. The molecule has 0 spiro atoms. The summed E-state index contributed by atoms with van der Waals surface area (Å²) in [7, 11) is 1.69. The Labute approximate surface area is 185 Å². The van der Waals surface area contributed by atoms with Gasteiger partial charge < -0.3 is 14.0 Å². The standard InChI is InChI=1S/C23H22Cl2N4O/c1-30-22-7-8-29-20-4-2-3-19(23(20)26-14-21(22)29)28-11-9-27(10-12-28)15-16-5-6-17(24)18(25)13-16/h2-8,13-14H,9-12,15H2,1H3. The van der Waals surface area contributed by atoms with E-state index in [9.17, 15) is 0 Å². The van der Waals surface area contributed by atoms with Crippen LogP contribution in [0, 0.1) is 0 Å². The number of hydrogen-bond donors (Lipinski definition) is 0. The van der Waals surface area contributed by atoms with Crippen LogP contribution in [0.3, 0.4) is 0 Å². The van der Waals surface area contributed by atoms with E-state index in [0.717, 1.165) is 55.0 Å². The van der Waals surface area contributed by atoms with Crippen LogP contribution < -0.4 is 9.64 Å². The van der Waals surface area contributed by atoms with Gasteiger partial charge in [0.25, 0.3) is 0 Å². The van der Waals surface area contributed by atoms with Crippen molar-refractivity contribution < 1.29 is 4.74 Å². The van der Waals surface area contributed by atoms with Gasteiger partial charge in [0.05, 0.1) is 34.6 Å². The van der Waals surface area contributed by atoms with Crippen molar-refractivity contribution in [2.24, 2.45) is 0 Å². The number of methoxy groups -OCH3 is 1. The third-order valence-corrected chi connectivity index (χ3v) is 6.52. The summed E-state index contributed by atoms with van der Waals surface area (Å²) in [5, 5.41) is 1.21. The minimum Gasteiger partial charge on any atom is -0.494 e. The van der Waals surface area contributed by atoms with Gasteiger partial charge in [-0.2, -0.15) is 0 Å². The lowest BCUT2D eigenvalue weighted by atomic mass is 10.1. The number of para-hydroxylation sites is 1. The maximum Gasteiger partial charge on any atom is 0.145 e. The number of piperazine rings is 1. The third-order valence-electron chi connectivity index (χ3n) is 5.78. The second-order valence-electron chi connectivity index (χ2n) is 7.55. The van der Waals surface area contributed by atoms with Crippen molar-refractivity contribution in [1.29, 1.82) is 0 Å². The summed E-state index contributed by atoms with van der Waals surface area (Å²) in [4.78, 5) is 9.66. The van der Waals surface area contributed by atoms with Crippen LogP contribution in [-0.4, -0.2) is 47.6 Å². The van der Waals surface area contributed by atoms with Crippen LogP contribution in [0.15, 0.2) is 54.9 Å². The maximum atomic E-state index is 6.17. The molecule has 0 unspecified atom stereocenters. The fourth-order valence-corrected chi connectivity index (χ4v) is 4.53. The fraction of sp³-hybridized carbons (Fsp3) is 0.261. The number of anilines is 1. The smallest absolute Gasteiger partial charge is 0.145 e. The van der Waals surface area contributed by atoms with Gasteiger partial charge in [-0.3, -0.25) is 9.88 Å². The van der Waals surface area contributed by atoms with Gasteiger partial charge >= 0.3 is 0 Å². The quantitative estimate of drug-likeness (QED) is 0.440. The average Bonchev–Trinajstić information content (AvgIpc) is 3.20. The highest BCUT2D eigenvalue weighted by atomic mass is 35.5. The molecular formula is C23H22Cl2N4O. The summed E-state index contributed by atoms with van der Waals surface area (Å²) in [6.45, 7) is 4.75. The van der Waals surface area contributed by atoms with E-state index < -0.39 is 0 Å². The van der Waals surface area contributed by atoms with Crippen molar-refractivity contribution in [2.75, 3.05) is 38.2 Å². The van der Waals surface area contributed by atoms with Crippen LogP contribution in [0.5, 0.6) is 5.75 Å². The highest BCUT2D eigenvalue weighted by Gasteiger charge is 2.20. The van der Waals surface area contributed by atoms with E-state index >= 15 is 0 Å². The largest absolute Gasteiger partial charge is 0.494 e. The first-order valence-electron chi connectivity index (χ1n) is 9.98.